The van der Waals surface area contributed by atoms with Gasteiger partial charge in [-0.05, 0) is 0 Å². The monoisotopic (exact) mass is 340 g/mol. The SMILES string of the molecule is NC(=NO)c1cn([C@H]2O[C@@H](CO)[C@@H](O)[C@H]2O)c2ncnc(NO)c12. The van der Waals surface area contributed by atoms with Crippen LogP contribution >= 0.6 is 0 Å². The molecule has 1 aliphatic heterocycles. The number of fused-ring (bicyclic) bond motifs is 1. The number of aliphatic hydroxyl groups is 3. The van der Waals surface area contributed by atoms with E-state index in [0.29, 0.717) is 0 Å². The Morgan fingerprint density at radius 1 is 1.38 bits per heavy atom. The lowest BCUT2D eigenvalue weighted by Gasteiger charge is -2.17. The van der Waals surface area contributed by atoms with Crippen LogP contribution in [0, 0.1) is 0 Å². The van der Waals surface area contributed by atoms with Gasteiger partial charge >= 0.3 is 0 Å². The largest absolute Gasteiger partial charge is 0.409 e. The van der Waals surface area contributed by atoms with Crippen LogP contribution in [0.2, 0.25) is 0 Å². The van der Waals surface area contributed by atoms with E-state index in [9.17, 15) is 20.5 Å². The molecule has 24 heavy (non-hydrogen) atoms. The van der Waals surface area contributed by atoms with E-state index in [1.165, 1.54) is 10.8 Å². The molecule has 0 unspecified atom stereocenters. The molecule has 0 aromatic carbocycles. The fourth-order valence-corrected chi connectivity index (χ4v) is 2.72. The van der Waals surface area contributed by atoms with Crippen molar-refractivity contribution in [3.05, 3.63) is 18.1 Å². The number of hydrogen-bond acceptors (Lipinski definition) is 10. The number of aliphatic hydroxyl groups excluding tert-OH is 3. The normalized spacial score (nSPS) is 27.8. The molecule has 0 radical (unpaired) electrons. The van der Waals surface area contributed by atoms with Crippen molar-refractivity contribution in [2.24, 2.45) is 10.9 Å². The van der Waals surface area contributed by atoms with Gasteiger partial charge in [0.05, 0.1) is 17.6 Å². The van der Waals surface area contributed by atoms with E-state index in [0.717, 1.165) is 6.33 Å². The van der Waals surface area contributed by atoms with E-state index >= 15 is 0 Å². The molecule has 0 saturated carbocycles. The van der Waals surface area contributed by atoms with Crippen LogP contribution in [0.25, 0.3) is 11.0 Å². The van der Waals surface area contributed by atoms with Gasteiger partial charge in [0.1, 0.15) is 30.3 Å². The van der Waals surface area contributed by atoms with Crippen LogP contribution in [0.3, 0.4) is 0 Å². The third-order valence-electron chi connectivity index (χ3n) is 3.89. The van der Waals surface area contributed by atoms with E-state index < -0.39 is 31.1 Å². The third kappa shape index (κ3) is 2.33. The summed E-state index contributed by atoms with van der Waals surface area (Å²) in [6, 6.07) is 0. The molecule has 2 aromatic heterocycles. The van der Waals surface area contributed by atoms with E-state index in [4.69, 9.17) is 15.7 Å². The smallest absolute Gasteiger partial charge is 0.172 e. The number of ether oxygens (including phenoxy) is 1. The van der Waals surface area contributed by atoms with Gasteiger partial charge in [-0.3, -0.25) is 10.7 Å². The maximum absolute atomic E-state index is 10.2. The highest BCUT2D eigenvalue weighted by Crippen LogP contribution is 2.34. The first-order valence-corrected chi connectivity index (χ1v) is 6.89. The maximum atomic E-state index is 10.2. The second-order valence-electron chi connectivity index (χ2n) is 5.20. The van der Waals surface area contributed by atoms with Gasteiger partial charge in [0.15, 0.2) is 17.9 Å². The second-order valence-corrected chi connectivity index (χ2v) is 5.20. The van der Waals surface area contributed by atoms with Crippen molar-refractivity contribution < 1.29 is 30.5 Å². The number of amidine groups is 1. The average molecular weight is 340 g/mol. The minimum absolute atomic E-state index is 0.00732. The summed E-state index contributed by atoms with van der Waals surface area (Å²) in [5, 5.41) is 50.6. The second kappa shape index (κ2) is 6.18. The number of aromatic nitrogens is 3. The van der Waals surface area contributed by atoms with Crippen LogP contribution in [0.15, 0.2) is 17.7 Å². The molecule has 4 atom stereocenters. The summed E-state index contributed by atoms with van der Waals surface area (Å²) in [6.07, 6.45) is -2.20. The topological polar surface area (TPSA) is 192 Å². The van der Waals surface area contributed by atoms with Gasteiger partial charge in [-0.25, -0.2) is 9.97 Å². The molecule has 3 rings (SSSR count). The molecule has 8 N–H and O–H groups in total. The van der Waals surface area contributed by atoms with Crippen LogP contribution in [-0.4, -0.2) is 71.0 Å². The summed E-state index contributed by atoms with van der Waals surface area (Å²) in [4.78, 5) is 7.89. The van der Waals surface area contributed by atoms with Crippen molar-refractivity contribution in [1.29, 1.82) is 0 Å². The Labute approximate surface area is 134 Å². The highest BCUT2D eigenvalue weighted by Gasteiger charge is 2.44. The molecule has 0 amide bonds. The summed E-state index contributed by atoms with van der Waals surface area (Å²) >= 11 is 0. The van der Waals surface area contributed by atoms with Crippen molar-refractivity contribution >= 4 is 22.7 Å². The fraction of sp³-hybridized carbons (Fsp3) is 0.417. The zero-order chi connectivity index (χ0) is 17.4. The Hall–Kier alpha value is -2.51. The molecule has 12 nitrogen and oxygen atoms in total. The molecular formula is C12H16N6O6. The summed E-state index contributed by atoms with van der Waals surface area (Å²) in [5.74, 6) is -0.288. The van der Waals surface area contributed by atoms with E-state index in [2.05, 4.69) is 15.1 Å². The highest BCUT2D eigenvalue weighted by atomic mass is 16.6. The van der Waals surface area contributed by atoms with E-state index in [1.807, 2.05) is 5.48 Å². The van der Waals surface area contributed by atoms with Crippen LogP contribution in [-0.2, 0) is 4.74 Å². The number of oxime groups is 1. The first kappa shape index (κ1) is 16.4. The van der Waals surface area contributed by atoms with E-state index in [-0.39, 0.29) is 28.3 Å². The number of nitrogens with one attached hydrogen (secondary N) is 1. The molecule has 1 fully saturated rings. The molecule has 0 bridgehead atoms. The van der Waals surface area contributed by atoms with Crippen molar-refractivity contribution in [2.75, 3.05) is 12.1 Å². The average Bonchev–Trinajstić information content (AvgIpc) is 3.12. The lowest BCUT2D eigenvalue weighted by atomic mass is 10.1. The first-order valence-electron chi connectivity index (χ1n) is 6.89. The molecule has 2 aromatic rings. The van der Waals surface area contributed by atoms with Gasteiger partial charge in [-0.15, -0.1) is 0 Å². The lowest BCUT2D eigenvalue weighted by molar-refractivity contribution is -0.0508. The van der Waals surface area contributed by atoms with Gasteiger partial charge in [0, 0.05) is 6.20 Å². The quantitative estimate of drug-likeness (QED) is 0.141. The van der Waals surface area contributed by atoms with Crippen LogP contribution in [0.5, 0.6) is 0 Å². The number of nitrogens with zero attached hydrogens (tertiary/aromatic N) is 4. The molecule has 1 saturated heterocycles. The minimum Gasteiger partial charge on any atom is -0.409 e. The van der Waals surface area contributed by atoms with Crippen molar-refractivity contribution in [2.45, 2.75) is 24.5 Å². The van der Waals surface area contributed by atoms with E-state index in [1.54, 1.807) is 0 Å². The molecule has 3 heterocycles. The zero-order valence-corrected chi connectivity index (χ0v) is 12.2. The molecule has 0 spiro atoms. The van der Waals surface area contributed by atoms with Crippen LogP contribution in [0.4, 0.5) is 5.82 Å². The summed E-state index contributed by atoms with van der Waals surface area (Å²) < 4.78 is 6.80. The van der Waals surface area contributed by atoms with Crippen molar-refractivity contribution in [1.82, 2.24) is 14.5 Å². The van der Waals surface area contributed by atoms with Crippen LogP contribution in [0.1, 0.15) is 11.8 Å². The summed E-state index contributed by atoms with van der Waals surface area (Å²) in [7, 11) is 0. The van der Waals surface area contributed by atoms with Gasteiger partial charge in [-0.2, -0.15) is 0 Å². The summed E-state index contributed by atoms with van der Waals surface area (Å²) in [5.41, 5.74) is 7.89. The zero-order valence-electron chi connectivity index (χ0n) is 12.2. The van der Waals surface area contributed by atoms with Gasteiger partial charge in [0.25, 0.3) is 0 Å². The van der Waals surface area contributed by atoms with Gasteiger partial charge in [0.2, 0.25) is 0 Å². The van der Waals surface area contributed by atoms with Gasteiger partial charge in [-0.1, -0.05) is 5.16 Å². The predicted octanol–water partition coefficient (Wildman–Crippen LogP) is -2.06. The first-order chi connectivity index (χ1) is 11.5. The lowest BCUT2D eigenvalue weighted by Crippen LogP contribution is -2.33. The Bertz CT molecular complexity index is 779. The summed E-state index contributed by atoms with van der Waals surface area (Å²) in [6.45, 7) is -0.487. The Morgan fingerprint density at radius 3 is 2.71 bits per heavy atom. The molecule has 0 aliphatic carbocycles. The predicted molar refractivity (Wildman–Crippen MR) is 78.5 cm³/mol. The Morgan fingerprint density at radius 2 is 2.12 bits per heavy atom. The maximum Gasteiger partial charge on any atom is 0.172 e. The molecule has 130 valence electrons. The molecular weight excluding hydrogens is 324 g/mol. The standard InChI is InChI=1S/C12H16N6O6/c13-9(16-22)4-1-18(11-6(4)10(17-23)14-3-15-11)12-8(21)7(20)5(2-19)24-12/h1,3,5,7-8,12,19-23H,2H2,(H2,13,16)(H,14,15,17)/t5-,7+,8+,12-/m0/s1. The number of anilines is 1. The third-order valence-corrected chi connectivity index (χ3v) is 3.89. The molecule has 1 aliphatic rings. The Balaban J connectivity index is 2.20. The highest BCUT2D eigenvalue weighted by molar-refractivity contribution is 6.11. The minimum atomic E-state index is -1.35. The van der Waals surface area contributed by atoms with Crippen molar-refractivity contribution in [3.8, 4) is 0 Å². The van der Waals surface area contributed by atoms with Gasteiger partial charge < -0.3 is 35.6 Å². The Kier molecular flexibility index (Phi) is 4.21. The van der Waals surface area contributed by atoms with Crippen LogP contribution < -0.4 is 11.2 Å². The number of nitrogens with two attached hydrogens (primary N) is 1. The fourth-order valence-electron chi connectivity index (χ4n) is 2.72. The molecule has 12 heteroatoms. The number of hydrogen-bond donors (Lipinski definition) is 7. The van der Waals surface area contributed by atoms with Crippen molar-refractivity contribution in [3.63, 3.8) is 0 Å². The number of rotatable bonds is 4.